The van der Waals surface area contributed by atoms with Gasteiger partial charge in [-0.2, -0.15) is 0 Å². The summed E-state index contributed by atoms with van der Waals surface area (Å²) in [5.74, 6) is 0. The van der Waals surface area contributed by atoms with Crippen molar-refractivity contribution in [2.45, 2.75) is 44.4 Å². The average Bonchev–Trinajstić information content (AvgIpc) is 2.79. The normalized spacial score (nSPS) is 31.4. The van der Waals surface area contributed by atoms with Crippen LogP contribution >= 0.6 is 0 Å². The summed E-state index contributed by atoms with van der Waals surface area (Å²) < 4.78 is 5.93. The molecule has 2 aliphatic rings. The Morgan fingerprint density at radius 1 is 1.28 bits per heavy atom. The van der Waals surface area contributed by atoms with Crippen LogP contribution in [-0.4, -0.2) is 25.3 Å². The predicted octanol–water partition coefficient (Wildman–Crippen LogP) is 2.46. The van der Waals surface area contributed by atoms with Gasteiger partial charge in [0.25, 0.3) is 0 Å². The topological polar surface area (TPSA) is 38.5 Å². The van der Waals surface area contributed by atoms with Crippen molar-refractivity contribution in [2.75, 3.05) is 18.0 Å². The molecular formula is C15H22N2O. The first-order valence-corrected chi connectivity index (χ1v) is 6.99. The van der Waals surface area contributed by atoms with Gasteiger partial charge in [0, 0.05) is 24.8 Å². The predicted molar refractivity (Wildman–Crippen MR) is 73.8 cm³/mol. The van der Waals surface area contributed by atoms with Gasteiger partial charge in [0.05, 0.1) is 12.2 Å². The molecule has 0 aliphatic carbocycles. The summed E-state index contributed by atoms with van der Waals surface area (Å²) in [6.45, 7) is 4.22. The molecule has 1 fully saturated rings. The lowest BCUT2D eigenvalue weighted by Gasteiger charge is -2.35. The highest BCUT2D eigenvalue weighted by Gasteiger charge is 2.27. The molecule has 1 saturated heterocycles. The molecule has 0 radical (unpaired) electrons. The number of benzene rings is 1. The fourth-order valence-corrected chi connectivity index (χ4v) is 3.11. The summed E-state index contributed by atoms with van der Waals surface area (Å²) in [7, 11) is 0. The summed E-state index contributed by atoms with van der Waals surface area (Å²) in [4.78, 5) is 2.45. The van der Waals surface area contributed by atoms with E-state index in [1.165, 1.54) is 24.1 Å². The van der Waals surface area contributed by atoms with Crippen molar-refractivity contribution < 1.29 is 4.74 Å². The summed E-state index contributed by atoms with van der Waals surface area (Å²) >= 11 is 0. The van der Waals surface area contributed by atoms with Crippen LogP contribution in [0.25, 0.3) is 0 Å². The van der Waals surface area contributed by atoms with E-state index in [9.17, 15) is 0 Å². The summed E-state index contributed by atoms with van der Waals surface area (Å²) in [5, 5.41) is 0. The molecule has 2 heterocycles. The molecule has 1 aromatic carbocycles. The third-order valence-electron chi connectivity index (χ3n) is 4.13. The van der Waals surface area contributed by atoms with Crippen LogP contribution in [-0.2, 0) is 4.74 Å². The van der Waals surface area contributed by atoms with Crippen molar-refractivity contribution in [1.29, 1.82) is 0 Å². The van der Waals surface area contributed by atoms with Gasteiger partial charge in [-0.1, -0.05) is 18.2 Å². The van der Waals surface area contributed by atoms with Crippen LogP contribution in [0.5, 0.6) is 0 Å². The van der Waals surface area contributed by atoms with Crippen molar-refractivity contribution in [3.8, 4) is 0 Å². The van der Waals surface area contributed by atoms with Gasteiger partial charge >= 0.3 is 0 Å². The number of anilines is 1. The molecule has 0 bridgehead atoms. The van der Waals surface area contributed by atoms with Crippen molar-refractivity contribution in [1.82, 2.24) is 0 Å². The number of hydrogen-bond donors (Lipinski definition) is 1. The second-order valence-electron chi connectivity index (χ2n) is 5.55. The van der Waals surface area contributed by atoms with Crippen LogP contribution in [0.1, 0.15) is 37.8 Å². The highest BCUT2D eigenvalue weighted by Crippen LogP contribution is 2.33. The molecule has 18 heavy (non-hydrogen) atoms. The minimum atomic E-state index is 0.195. The molecular weight excluding hydrogens is 224 g/mol. The molecule has 3 unspecified atom stereocenters. The third kappa shape index (κ3) is 2.25. The minimum Gasteiger partial charge on any atom is -0.373 e. The van der Waals surface area contributed by atoms with Crippen molar-refractivity contribution in [3.05, 3.63) is 29.8 Å². The van der Waals surface area contributed by atoms with E-state index in [2.05, 4.69) is 36.1 Å². The van der Waals surface area contributed by atoms with Gasteiger partial charge in [0.2, 0.25) is 0 Å². The smallest absolute Gasteiger partial charge is 0.0754 e. The zero-order chi connectivity index (χ0) is 12.5. The second kappa shape index (κ2) is 4.90. The molecule has 2 N–H and O–H groups in total. The molecule has 3 heteroatoms. The third-order valence-corrected chi connectivity index (χ3v) is 4.13. The van der Waals surface area contributed by atoms with E-state index >= 15 is 0 Å². The van der Waals surface area contributed by atoms with Crippen LogP contribution in [0.4, 0.5) is 5.69 Å². The lowest BCUT2D eigenvalue weighted by Crippen LogP contribution is -2.38. The van der Waals surface area contributed by atoms with Gasteiger partial charge in [-0.15, -0.1) is 0 Å². The van der Waals surface area contributed by atoms with Crippen LogP contribution in [0.15, 0.2) is 24.3 Å². The number of para-hydroxylation sites is 1. The molecule has 3 atom stereocenters. The Morgan fingerprint density at radius 2 is 2.11 bits per heavy atom. The van der Waals surface area contributed by atoms with Crippen molar-refractivity contribution in [3.63, 3.8) is 0 Å². The zero-order valence-corrected chi connectivity index (χ0v) is 11.0. The van der Waals surface area contributed by atoms with E-state index < -0.39 is 0 Å². The Balaban J connectivity index is 1.76. The van der Waals surface area contributed by atoms with Crippen LogP contribution in [0.3, 0.4) is 0 Å². The lowest BCUT2D eigenvalue weighted by molar-refractivity contribution is 0.0597. The molecule has 0 spiro atoms. The average molecular weight is 246 g/mol. The molecule has 2 aliphatic heterocycles. The molecule has 1 aromatic rings. The van der Waals surface area contributed by atoms with Gasteiger partial charge in [-0.3, -0.25) is 0 Å². The molecule has 0 saturated carbocycles. The Bertz CT molecular complexity index is 421. The van der Waals surface area contributed by atoms with E-state index in [0.717, 1.165) is 19.5 Å². The Morgan fingerprint density at radius 3 is 2.89 bits per heavy atom. The van der Waals surface area contributed by atoms with Gasteiger partial charge in [0.15, 0.2) is 0 Å². The summed E-state index contributed by atoms with van der Waals surface area (Å²) in [5.41, 5.74) is 8.77. The number of rotatable bonds is 2. The summed E-state index contributed by atoms with van der Waals surface area (Å²) in [6, 6.07) is 8.72. The first-order chi connectivity index (χ1) is 8.74. The Kier molecular flexibility index (Phi) is 3.27. The molecule has 3 rings (SSSR count). The lowest BCUT2D eigenvalue weighted by atomic mass is 9.97. The Hall–Kier alpha value is -1.06. The molecule has 0 aromatic heterocycles. The zero-order valence-electron chi connectivity index (χ0n) is 11.0. The van der Waals surface area contributed by atoms with Crippen LogP contribution in [0.2, 0.25) is 0 Å². The molecule has 98 valence electrons. The maximum atomic E-state index is 6.18. The first-order valence-electron chi connectivity index (χ1n) is 6.99. The van der Waals surface area contributed by atoms with Crippen LogP contribution in [0, 0.1) is 0 Å². The molecule has 3 nitrogen and oxygen atoms in total. The van der Waals surface area contributed by atoms with E-state index in [1.807, 2.05) is 0 Å². The quantitative estimate of drug-likeness (QED) is 0.871. The van der Waals surface area contributed by atoms with E-state index in [-0.39, 0.29) is 6.04 Å². The maximum Gasteiger partial charge on any atom is 0.0754 e. The summed E-state index contributed by atoms with van der Waals surface area (Å²) in [6.07, 6.45) is 4.24. The fourth-order valence-electron chi connectivity index (χ4n) is 3.11. The van der Waals surface area contributed by atoms with Gasteiger partial charge in [-0.25, -0.2) is 0 Å². The minimum absolute atomic E-state index is 0.195. The number of hydrogen-bond acceptors (Lipinski definition) is 3. The van der Waals surface area contributed by atoms with Gasteiger partial charge in [-0.05, 0) is 37.8 Å². The van der Waals surface area contributed by atoms with Crippen molar-refractivity contribution in [2.24, 2.45) is 5.73 Å². The van der Waals surface area contributed by atoms with Gasteiger partial charge in [0.1, 0.15) is 0 Å². The number of ether oxygens (including phenoxy) is 1. The Labute approximate surface area is 109 Å². The van der Waals surface area contributed by atoms with E-state index in [0.29, 0.717) is 12.2 Å². The van der Waals surface area contributed by atoms with E-state index in [1.54, 1.807) is 0 Å². The highest BCUT2D eigenvalue weighted by molar-refractivity contribution is 5.57. The fraction of sp³-hybridized carbons (Fsp3) is 0.600. The first kappa shape index (κ1) is 12.0. The SMILES string of the molecule is CC1CCC(CN2CCC(N)c3ccccc32)O1. The van der Waals surface area contributed by atoms with Crippen LogP contribution < -0.4 is 10.6 Å². The maximum absolute atomic E-state index is 6.18. The van der Waals surface area contributed by atoms with Gasteiger partial charge < -0.3 is 15.4 Å². The van der Waals surface area contributed by atoms with Crippen molar-refractivity contribution >= 4 is 5.69 Å². The highest BCUT2D eigenvalue weighted by atomic mass is 16.5. The standard InChI is InChI=1S/C15H22N2O/c1-11-6-7-12(18-11)10-17-9-8-14(16)13-4-2-3-5-15(13)17/h2-5,11-12,14H,6-10,16H2,1H3. The van der Waals surface area contributed by atoms with E-state index in [4.69, 9.17) is 10.5 Å². The second-order valence-corrected chi connectivity index (χ2v) is 5.55. The number of fused-ring (bicyclic) bond motifs is 1. The number of nitrogens with zero attached hydrogens (tertiary/aromatic N) is 1. The monoisotopic (exact) mass is 246 g/mol. The largest absolute Gasteiger partial charge is 0.373 e. The number of nitrogens with two attached hydrogens (primary N) is 1. The molecule has 0 amide bonds.